The molecule has 10 nitrogen and oxygen atoms in total. The molecule has 2 aromatic heterocycles. The second kappa shape index (κ2) is 8.74. The second-order valence-corrected chi connectivity index (χ2v) is 9.34. The van der Waals surface area contributed by atoms with Gasteiger partial charge < -0.3 is 20.9 Å². The predicted octanol–water partition coefficient (Wildman–Crippen LogP) is -0.193. The molecule has 0 bridgehead atoms. The number of carbonyl (C=O) groups excluding carboxylic acids is 2. The van der Waals surface area contributed by atoms with Gasteiger partial charge in [-0.25, -0.2) is 14.6 Å². The van der Waals surface area contributed by atoms with Crippen molar-refractivity contribution in [3.63, 3.8) is 0 Å². The van der Waals surface area contributed by atoms with Crippen molar-refractivity contribution in [2.75, 3.05) is 22.6 Å². The molecule has 3 heterocycles. The molecule has 1 aliphatic carbocycles. The van der Waals surface area contributed by atoms with Crippen molar-refractivity contribution in [1.29, 1.82) is 0 Å². The first-order valence-electron chi connectivity index (χ1n) is 11.5. The zero-order valence-corrected chi connectivity index (χ0v) is 20.3. The first kappa shape index (κ1) is 25.0. The van der Waals surface area contributed by atoms with Crippen molar-refractivity contribution in [3.05, 3.63) is 47.7 Å². The Morgan fingerprint density at radius 1 is 1.16 bits per heavy atom. The highest BCUT2D eigenvalue weighted by Crippen LogP contribution is 2.43. The summed E-state index contributed by atoms with van der Waals surface area (Å²) in [6.07, 6.45) is 2.95. The maximum atomic E-state index is 13.0. The van der Waals surface area contributed by atoms with E-state index in [0.717, 1.165) is 12.8 Å². The van der Waals surface area contributed by atoms with Gasteiger partial charge in [0.05, 0.1) is 51.9 Å². The molecule has 174 valence electrons. The number of rotatable bonds is 6. The fourth-order valence-corrected chi connectivity index (χ4v) is 4.12. The number of nitrogens with zero attached hydrogens (tertiary/aromatic N) is 5. The fourth-order valence-electron chi connectivity index (χ4n) is 4.12. The Hall–Kier alpha value is -3.63. The average molecular weight is 482 g/mol. The van der Waals surface area contributed by atoms with Gasteiger partial charge in [0, 0.05) is 30.6 Å². The van der Waals surface area contributed by atoms with E-state index in [0.29, 0.717) is 34.4 Å². The molecular weight excluding hydrogens is 462 g/mol. The lowest BCUT2D eigenvalue weighted by Crippen LogP contribution is -2.50. The Bertz CT molecular complexity index is 1420. The van der Waals surface area contributed by atoms with Crippen molar-refractivity contribution >= 4 is 73.9 Å². The number of benzene rings is 1. The largest absolute Gasteiger partial charge is 0.376 e. The number of para-hydroxylation sites is 1. The number of nitrogens with one attached hydrogen (secondary N) is 3. The third-order valence-corrected chi connectivity index (χ3v) is 6.15. The highest BCUT2D eigenvalue weighted by molar-refractivity contribution is 6.60. The number of carbonyl (C=O) groups is 2. The molecule has 1 aliphatic heterocycles. The molecule has 5 rings (SSSR count). The van der Waals surface area contributed by atoms with Gasteiger partial charge in [0.1, 0.15) is 33.2 Å². The molecule has 0 saturated heterocycles. The van der Waals surface area contributed by atoms with E-state index < -0.39 is 16.5 Å². The highest BCUT2D eigenvalue weighted by Gasteiger charge is 2.38. The van der Waals surface area contributed by atoms with Crippen LogP contribution in [0.5, 0.6) is 0 Å². The minimum atomic E-state index is -1.96. The average Bonchev–Trinajstić information content (AvgIpc) is 3.58. The van der Waals surface area contributed by atoms with Crippen molar-refractivity contribution in [3.8, 4) is 5.69 Å². The first-order chi connectivity index (χ1) is 17.3. The maximum absolute atomic E-state index is 13.0. The van der Waals surface area contributed by atoms with Crippen LogP contribution in [0.15, 0.2) is 30.5 Å². The molecule has 0 spiro atoms. The van der Waals surface area contributed by atoms with E-state index in [1.807, 2.05) is 6.07 Å². The molecule has 1 saturated carbocycles. The summed E-state index contributed by atoms with van der Waals surface area (Å²) < 4.78 is 1.59. The van der Waals surface area contributed by atoms with Gasteiger partial charge in [0.2, 0.25) is 5.91 Å². The number of aryl methyl sites for hydroxylation is 1. The number of aromatic nitrogens is 4. The van der Waals surface area contributed by atoms with Crippen LogP contribution < -0.4 is 20.9 Å². The van der Waals surface area contributed by atoms with Crippen molar-refractivity contribution in [1.82, 2.24) is 25.1 Å². The van der Waals surface area contributed by atoms with Gasteiger partial charge in [-0.05, 0) is 31.9 Å². The summed E-state index contributed by atoms with van der Waals surface area (Å²) in [5.41, 5.74) is 2.18. The molecule has 1 fully saturated rings. The lowest BCUT2D eigenvalue weighted by atomic mass is 9.49. The Kier molecular flexibility index (Phi) is 5.92. The van der Waals surface area contributed by atoms with Gasteiger partial charge in [0.25, 0.3) is 5.91 Å². The summed E-state index contributed by atoms with van der Waals surface area (Å²) >= 11 is 0. The molecule has 2 amide bonds. The van der Waals surface area contributed by atoms with E-state index in [1.165, 1.54) is 12.3 Å². The van der Waals surface area contributed by atoms with Crippen LogP contribution in [0.25, 0.3) is 5.69 Å². The summed E-state index contributed by atoms with van der Waals surface area (Å²) in [5, 5.41) is 9.34. The molecule has 37 heavy (non-hydrogen) atoms. The maximum Gasteiger partial charge on any atom is 0.253 e. The van der Waals surface area contributed by atoms with Crippen LogP contribution in [-0.4, -0.2) is 83.1 Å². The minimum Gasteiger partial charge on any atom is -0.376 e. The van der Waals surface area contributed by atoms with E-state index in [2.05, 4.69) is 31.0 Å². The highest BCUT2D eigenvalue weighted by atomic mass is 16.2. The van der Waals surface area contributed by atoms with Crippen molar-refractivity contribution in [2.45, 2.75) is 30.3 Å². The number of hydrogen-bond donors (Lipinski definition) is 3. The standard InChI is InChI=1S/C22H19B5N8O2/c1-10-29-20-21(23,24)34(2)17-13(4-3-5-15(17)35(20)33-10)30-14-8-16(31-18(36)11-6-7-11)28-9-12(14)19(37)32-22(25,26)27/h3-5,8-9,11H,6-7H2,1-2H3,(H,32,37)(H2,28,30,31,36). The SMILES string of the molecule is [B]C([B])([B])NC(=O)c1cnc(NC(=O)C2CC2)cc1Nc1cccc2c1N(C)C([B])([B])c1nc(C)nn1-2. The lowest BCUT2D eigenvalue weighted by Gasteiger charge is -2.43. The molecule has 0 unspecified atom stereocenters. The summed E-state index contributed by atoms with van der Waals surface area (Å²) in [7, 11) is 31.4. The van der Waals surface area contributed by atoms with Crippen LogP contribution in [0.4, 0.5) is 22.9 Å². The zero-order valence-electron chi connectivity index (χ0n) is 20.3. The van der Waals surface area contributed by atoms with Crippen LogP contribution in [0.3, 0.4) is 0 Å². The molecule has 10 radical (unpaired) electrons. The van der Waals surface area contributed by atoms with Crippen molar-refractivity contribution < 1.29 is 9.59 Å². The fraction of sp³-hybridized carbons (Fsp3) is 0.318. The number of fused-ring (bicyclic) bond motifs is 3. The summed E-state index contributed by atoms with van der Waals surface area (Å²) in [4.78, 5) is 35.6. The minimum absolute atomic E-state index is 0.0362. The molecule has 0 atom stereocenters. The number of anilines is 4. The number of amides is 2. The molecule has 1 aromatic carbocycles. The van der Waals surface area contributed by atoms with Gasteiger partial charge in [-0.3, -0.25) is 9.59 Å². The van der Waals surface area contributed by atoms with Gasteiger partial charge in [-0.15, -0.1) is 0 Å². The third kappa shape index (κ3) is 4.74. The molecule has 3 N–H and O–H groups in total. The molecule has 3 aromatic rings. The van der Waals surface area contributed by atoms with Crippen LogP contribution in [0.1, 0.15) is 34.8 Å². The zero-order chi connectivity index (χ0) is 26.7. The Balaban J connectivity index is 1.59. The second-order valence-electron chi connectivity index (χ2n) is 9.34. The smallest absolute Gasteiger partial charge is 0.253 e. The molecule has 15 heteroatoms. The topological polar surface area (TPSA) is 117 Å². The van der Waals surface area contributed by atoms with E-state index in [4.69, 9.17) is 39.2 Å². The predicted molar refractivity (Wildman–Crippen MR) is 144 cm³/mol. The van der Waals surface area contributed by atoms with Crippen LogP contribution in [0.2, 0.25) is 0 Å². The third-order valence-electron chi connectivity index (χ3n) is 6.15. The monoisotopic (exact) mass is 482 g/mol. The van der Waals surface area contributed by atoms with Crippen LogP contribution >= 0.6 is 0 Å². The summed E-state index contributed by atoms with van der Waals surface area (Å²) in [5.74, 6) is 0.286. The Labute approximate surface area is 220 Å². The quantitative estimate of drug-likeness (QED) is 0.418. The van der Waals surface area contributed by atoms with Crippen molar-refractivity contribution in [2.24, 2.45) is 5.92 Å². The van der Waals surface area contributed by atoms with Crippen LogP contribution in [-0.2, 0) is 10.1 Å². The van der Waals surface area contributed by atoms with Gasteiger partial charge in [-0.2, -0.15) is 5.10 Å². The lowest BCUT2D eigenvalue weighted by molar-refractivity contribution is -0.117. The summed E-state index contributed by atoms with van der Waals surface area (Å²) in [6.45, 7) is 1.74. The molecular formula is C22H19B5N8O2. The van der Waals surface area contributed by atoms with E-state index in [-0.39, 0.29) is 23.2 Å². The van der Waals surface area contributed by atoms with E-state index in [9.17, 15) is 9.59 Å². The number of hydrogen-bond acceptors (Lipinski definition) is 7. The van der Waals surface area contributed by atoms with Gasteiger partial charge in [0.15, 0.2) is 0 Å². The van der Waals surface area contributed by atoms with E-state index in [1.54, 1.807) is 35.7 Å². The van der Waals surface area contributed by atoms with E-state index >= 15 is 0 Å². The summed E-state index contributed by atoms with van der Waals surface area (Å²) in [6, 6.07) is 6.96. The normalized spacial score (nSPS) is 15.9. The van der Waals surface area contributed by atoms with Crippen LogP contribution in [0, 0.1) is 12.8 Å². The Morgan fingerprint density at radius 2 is 1.89 bits per heavy atom. The number of pyridine rings is 1. The van der Waals surface area contributed by atoms with Gasteiger partial charge in [-0.1, -0.05) is 11.3 Å². The Morgan fingerprint density at radius 3 is 2.57 bits per heavy atom. The molecule has 2 aliphatic rings. The first-order valence-corrected chi connectivity index (χ1v) is 11.5. The van der Waals surface area contributed by atoms with Gasteiger partial charge >= 0.3 is 0 Å².